The van der Waals surface area contributed by atoms with Gasteiger partial charge in [-0.05, 0) is 55.4 Å². The molecule has 1 amide bonds. The number of hydrogen-bond acceptors (Lipinski definition) is 2. The molecule has 138 valence electrons. The summed E-state index contributed by atoms with van der Waals surface area (Å²) in [5.41, 5.74) is 6.22. The van der Waals surface area contributed by atoms with E-state index in [9.17, 15) is 4.79 Å². The zero-order chi connectivity index (χ0) is 18.9. The lowest BCUT2D eigenvalue weighted by atomic mass is 10.2. The second kappa shape index (κ2) is 10.0. The van der Waals surface area contributed by atoms with Gasteiger partial charge in [0.25, 0.3) is 5.91 Å². The van der Waals surface area contributed by atoms with Crippen molar-refractivity contribution in [3.63, 3.8) is 0 Å². The first-order valence-electron chi connectivity index (χ1n) is 9.28. The molecule has 0 spiro atoms. The molecular weight excluding hydrogens is 351 g/mol. The third kappa shape index (κ3) is 5.26. The summed E-state index contributed by atoms with van der Waals surface area (Å²) < 4.78 is 0. The number of carbonyl (C=O) groups excluding carboxylic acids is 1. The van der Waals surface area contributed by atoms with Gasteiger partial charge in [-0.2, -0.15) is 0 Å². The molecule has 0 saturated carbocycles. The zero-order valence-electron chi connectivity index (χ0n) is 15.3. The smallest absolute Gasteiger partial charge is 0.251 e. The predicted molar refractivity (Wildman–Crippen MR) is 116 cm³/mol. The molecule has 3 aromatic rings. The molecule has 0 aliphatic rings. The number of benzene rings is 3. The lowest BCUT2D eigenvalue weighted by Crippen LogP contribution is -2.27. The van der Waals surface area contributed by atoms with Crippen molar-refractivity contribution in [1.29, 1.82) is 0 Å². The van der Waals surface area contributed by atoms with Gasteiger partial charge in [0, 0.05) is 12.1 Å². The summed E-state index contributed by atoms with van der Waals surface area (Å²) in [6.45, 7) is 1.32. The molecule has 27 heavy (non-hydrogen) atoms. The van der Waals surface area contributed by atoms with Crippen LogP contribution in [0.4, 0.5) is 0 Å². The van der Waals surface area contributed by atoms with Crippen molar-refractivity contribution in [3.05, 3.63) is 90.5 Å². The highest BCUT2D eigenvalue weighted by atomic mass is 31.1. The molecular formula is C23H25N2OP. The van der Waals surface area contributed by atoms with E-state index in [-0.39, 0.29) is 5.91 Å². The average Bonchev–Trinajstić information content (AvgIpc) is 2.73. The van der Waals surface area contributed by atoms with E-state index >= 15 is 0 Å². The zero-order valence-corrected chi connectivity index (χ0v) is 16.2. The highest BCUT2D eigenvalue weighted by Crippen LogP contribution is 2.32. The number of amides is 1. The van der Waals surface area contributed by atoms with Crippen LogP contribution in [-0.4, -0.2) is 19.0 Å². The highest BCUT2D eigenvalue weighted by Gasteiger charge is 2.17. The van der Waals surface area contributed by atoms with Crippen molar-refractivity contribution in [2.75, 3.05) is 13.1 Å². The van der Waals surface area contributed by atoms with Gasteiger partial charge in [0.05, 0.1) is 0 Å². The predicted octanol–water partition coefficient (Wildman–Crippen LogP) is 2.91. The second-order valence-electron chi connectivity index (χ2n) is 6.31. The van der Waals surface area contributed by atoms with Crippen molar-refractivity contribution in [1.82, 2.24) is 5.32 Å². The topological polar surface area (TPSA) is 55.1 Å². The Kier molecular flexibility index (Phi) is 7.15. The molecule has 3 aromatic carbocycles. The molecule has 0 heterocycles. The number of nitrogens with two attached hydrogens (primary N) is 1. The van der Waals surface area contributed by atoms with Gasteiger partial charge in [0.1, 0.15) is 0 Å². The second-order valence-corrected chi connectivity index (χ2v) is 8.53. The molecule has 3 N–H and O–H groups in total. The first kappa shape index (κ1) is 19.3. The Morgan fingerprint density at radius 1 is 0.778 bits per heavy atom. The van der Waals surface area contributed by atoms with Gasteiger partial charge in [0.15, 0.2) is 0 Å². The Hall–Kier alpha value is -2.48. The Morgan fingerprint density at radius 2 is 1.37 bits per heavy atom. The minimum Gasteiger partial charge on any atom is -0.352 e. The van der Waals surface area contributed by atoms with E-state index in [1.807, 2.05) is 30.3 Å². The third-order valence-electron chi connectivity index (χ3n) is 4.31. The summed E-state index contributed by atoms with van der Waals surface area (Å²) in [4.78, 5) is 12.5. The monoisotopic (exact) mass is 376 g/mol. The van der Waals surface area contributed by atoms with Crippen molar-refractivity contribution in [2.45, 2.75) is 12.8 Å². The van der Waals surface area contributed by atoms with Crippen LogP contribution in [0, 0.1) is 0 Å². The standard InChI is InChI=1S/C23H25N2OP/c24-16-7-8-17-25-23(26)19-10-9-15-22(18-19)27(20-11-3-1-4-12-20)21-13-5-2-6-14-21/h1-6,9-15,18H,7-8,16-17,24H2,(H,25,26). The molecule has 0 unspecified atom stereocenters. The maximum absolute atomic E-state index is 12.5. The van der Waals surface area contributed by atoms with Crippen LogP contribution in [0.3, 0.4) is 0 Å². The van der Waals surface area contributed by atoms with Crippen LogP contribution in [0.25, 0.3) is 0 Å². The summed E-state index contributed by atoms with van der Waals surface area (Å²) in [7, 11) is -0.702. The first-order valence-corrected chi connectivity index (χ1v) is 10.6. The molecule has 0 aliphatic carbocycles. The van der Waals surface area contributed by atoms with Gasteiger partial charge >= 0.3 is 0 Å². The van der Waals surface area contributed by atoms with E-state index in [2.05, 4.69) is 59.9 Å². The van der Waals surface area contributed by atoms with Gasteiger partial charge < -0.3 is 11.1 Å². The summed E-state index contributed by atoms with van der Waals surface area (Å²) in [5.74, 6) is -0.0232. The van der Waals surface area contributed by atoms with Crippen molar-refractivity contribution in [3.8, 4) is 0 Å². The van der Waals surface area contributed by atoms with E-state index in [0.717, 1.165) is 12.8 Å². The van der Waals surface area contributed by atoms with E-state index in [0.29, 0.717) is 18.7 Å². The van der Waals surface area contributed by atoms with E-state index < -0.39 is 7.92 Å². The van der Waals surface area contributed by atoms with E-state index in [4.69, 9.17) is 5.73 Å². The molecule has 3 rings (SSSR count). The lowest BCUT2D eigenvalue weighted by molar-refractivity contribution is 0.0953. The molecule has 0 saturated heterocycles. The lowest BCUT2D eigenvalue weighted by Gasteiger charge is -2.20. The molecule has 0 aromatic heterocycles. The molecule has 0 aliphatic heterocycles. The van der Waals surface area contributed by atoms with Crippen LogP contribution in [0.2, 0.25) is 0 Å². The van der Waals surface area contributed by atoms with Crippen LogP contribution in [-0.2, 0) is 0 Å². The van der Waals surface area contributed by atoms with Crippen LogP contribution in [0.15, 0.2) is 84.9 Å². The first-order chi connectivity index (χ1) is 13.3. The van der Waals surface area contributed by atoms with Gasteiger partial charge in [0.2, 0.25) is 0 Å². The Labute approximate surface area is 162 Å². The fourth-order valence-electron chi connectivity index (χ4n) is 2.96. The number of nitrogens with one attached hydrogen (secondary N) is 1. The number of rotatable bonds is 8. The van der Waals surface area contributed by atoms with Crippen molar-refractivity contribution < 1.29 is 4.79 Å². The summed E-state index contributed by atoms with van der Waals surface area (Å²) >= 11 is 0. The number of unbranched alkanes of at least 4 members (excludes halogenated alkanes) is 1. The van der Waals surface area contributed by atoms with Crippen LogP contribution < -0.4 is 27.0 Å². The quantitative estimate of drug-likeness (QED) is 0.469. The average molecular weight is 376 g/mol. The molecule has 0 radical (unpaired) electrons. The Bertz CT molecular complexity index is 813. The van der Waals surface area contributed by atoms with E-state index in [1.165, 1.54) is 15.9 Å². The molecule has 3 nitrogen and oxygen atoms in total. The minimum atomic E-state index is -0.702. The maximum atomic E-state index is 12.5. The SMILES string of the molecule is NCCCCNC(=O)c1cccc(P(c2ccccc2)c2ccccc2)c1. The van der Waals surface area contributed by atoms with Crippen LogP contribution >= 0.6 is 7.92 Å². The van der Waals surface area contributed by atoms with Crippen LogP contribution in [0.1, 0.15) is 23.2 Å². The van der Waals surface area contributed by atoms with Gasteiger partial charge in [-0.25, -0.2) is 0 Å². The molecule has 4 heteroatoms. The summed E-state index contributed by atoms with van der Waals surface area (Å²) in [6, 6.07) is 29.0. The third-order valence-corrected chi connectivity index (χ3v) is 6.74. The van der Waals surface area contributed by atoms with Gasteiger partial charge in [-0.1, -0.05) is 72.8 Å². The highest BCUT2D eigenvalue weighted by molar-refractivity contribution is 7.79. The summed E-state index contributed by atoms with van der Waals surface area (Å²) in [5, 5.41) is 6.72. The van der Waals surface area contributed by atoms with Gasteiger partial charge in [-0.15, -0.1) is 0 Å². The Morgan fingerprint density at radius 3 is 1.96 bits per heavy atom. The maximum Gasteiger partial charge on any atom is 0.251 e. The van der Waals surface area contributed by atoms with E-state index in [1.54, 1.807) is 0 Å². The largest absolute Gasteiger partial charge is 0.352 e. The fraction of sp³-hybridized carbons (Fsp3) is 0.174. The Balaban J connectivity index is 1.88. The molecule has 0 atom stereocenters. The normalized spacial score (nSPS) is 10.7. The number of carbonyl (C=O) groups is 1. The van der Waals surface area contributed by atoms with Crippen molar-refractivity contribution in [2.24, 2.45) is 5.73 Å². The minimum absolute atomic E-state index is 0.0232. The van der Waals surface area contributed by atoms with Crippen molar-refractivity contribution >= 4 is 29.7 Å². The van der Waals surface area contributed by atoms with Crippen LogP contribution in [0.5, 0.6) is 0 Å². The number of hydrogen-bond donors (Lipinski definition) is 2. The summed E-state index contributed by atoms with van der Waals surface area (Å²) in [6.07, 6.45) is 1.83. The fourth-order valence-corrected chi connectivity index (χ4v) is 5.30. The molecule has 0 fully saturated rings. The van der Waals surface area contributed by atoms with Gasteiger partial charge in [-0.3, -0.25) is 4.79 Å². The molecule has 0 bridgehead atoms.